The van der Waals surface area contributed by atoms with Crippen LogP contribution in [0.5, 0.6) is 0 Å². The monoisotopic (exact) mass is 513 g/mol. The summed E-state index contributed by atoms with van der Waals surface area (Å²) in [6.45, 7) is 12.8. The van der Waals surface area contributed by atoms with Gasteiger partial charge in [-0.15, -0.1) is 0 Å². The first kappa shape index (κ1) is 31.4. The minimum Gasteiger partial charge on any atom is -0.294 e. The molecule has 2 amide bonds. The van der Waals surface area contributed by atoms with Crippen LogP contribution >= 0.6 is 0 Å². The Morgan fingerprint density at radius 2 is 1.19 bits per heavy atom. The second kappa shape index (κ2) is 13.6. The molecular weight excluding hydrogens is 478 g/mol. The molecule has 1 aromatic carbocycles. The van der Waals surface area contributed by atoms with Crippen LogP contribution in [0.15, 0.2) is 12.1 Å². The molecule has 0 aliphatic rings. The van der Waals surface area contributed by atoms with Crippen LogP contribution in [-0.2, 0) is 52.8 Å². The van der Waals surface area contributed by atoms with Crippen LogP contribution in [0.4, 0.5) is 0 Å². The summed E-state index contributed by atoms with van der Waals surface area (Å²) in [6, 6.07) is 3.26. The van der Waals surface area contributed by atoms with Crippen LogP contribution in [0, 0.1) is 17.8 Å². The molecule has 0 atom stereocenters. The molecule has 0 N–H and O–H groups in total. The van der Waals surface area contributed by atoms with Crippen molar-refractivity contribution in [1.29, 1.82) is 0 Å². The van der Waals surface area contributed by atoms with Gasteiger partial charge in [-0.25, -0.2) is 0 Å². The molecule has 0 bridgehead atoms. The molecule has 1 aromatic rings. The Labute approximate surface area is 217 Å². The standard InChI is InChI=1S/C28H35NO8/c1-8-29(27(36)24(33)22(31)14-30)28(37)26(35)25(34)23(32)19-10-9-18(11-15(2)3)20(12-16(4)5)21(19)13-17(6)7/h9-10,14-17H,8,11-13H2,1-7H3. The lowest BCUT2D eigenvalue weighted by atomic mass is 9.82. The molecule has 0 saturated carbocycles. The Balaban J connectivity index is 3.50. The van der Waals surface area contributed by atoms with Crippen LogP contribution in [0.25, 0.3) is 0 Å². The number of amides is 2. The normalized spacial score (nSPS) is 11.0. The maximum atomic E-state index is 13.2. The Bertz CT molecular complexity index is 1130. The first-order valence-electron chi connectivity index (χ1n) is 12.3. The van der Waals surface area contributed by atoms with Crippen LogP contribution < -0.4 is 0 Å². The maximum absolute atomic E-state index is 13.2. The van der Waals surface area contributed by atoms with E-state index in [-0.39, 0.29) is 22.3 Å². The second-order valence-electron chi connectivity index (χ2n) is 10.2. The van der Waals surface area contributed by atoms with E-state index in [0.29, 0.717) is 24.3 Å². The highest BCUT2D eigenvalue weighted by atomic mass is 16.2. The van der Waals surface area contributed by atoms with Gasteiger partial charge in [-0.3, -0.25) is 43.3 Å². The Morgan fingerprint density at radius 1 is 0.703 bits per heavy atom. The molecular formula is C28H35NO8. The van der Waals surface area contributed by atoms with E-state index < -0.39 is 53.6 Å². The number of carbonyl (C=O) groups excluding carboxylic acids is 8. The predicted octanol–water partition coefficient (Wildman–Crippen LogP) is 2.32. The molecule has 0 heterocycles. The van der Waals surface area contributed by atoms with Gasteiger partial charge in [0.2, 0.25) is 5.78 Å². The molecule has 0 unspecified atom stereocenters. The quantitative estimate of drug-likeness (QED) is 0.160. The zero-order chi connectivity index (χ0) is 28.6. The average Bonchev–Trinajstić information content (AvgIpc) is 2.82. The third-order valence-electron chi connectivity index (χ3n) is 5.56. The van der Waals surface area contributed by atoms with E-state index in [4.69, 9.17) is 0 Å². The van der Waals surface area contributed by atoms with Gasteiger partial charge in [0.25, 0.3) is 23.1 Å². The summed E-state index contributed by atoms with van der Waals surface area (Å²) in [6.07, 6.45) is 1.47. The van der Waals surface area contributed by atoms with E-state index in [1.54, 1.807) is 6.07 Å². The lowest BCUT2D eigenvalue weighted by Gasteiger charge is -2.22. The van der Waals surface area contributed by atoms with E-state index in [1.165, 1.54) is 13.0 Å². The summed E-state index contributed by atoms with van der Waals surface area (Å²) >= 11 is 0. The first-order chi connectivity index (χ1) is 17.2. The molecule has 1 rings (SSSR count). The fourth-order valence-corrected chi connectivity index (χ4v) is 4.00. The smallest absolute Gasteiger partial charge is 0.294 e. The Kier molecular flexibility index (Phi) is 11.6. The van der Waals surface area contributed by atoms with Gasteiger partial charge < -0.3 is 0 Å². The van der Waals surface area contributed by atoms with Crippen molar-refractivity contribution in [2.75, 3.05) is 6.54 Å². The summed E-state index contributed by atoms with van der Waals surface area (Å²) in [7, 11) is 0. The van der Waals surface area contributed by atoms with Crippen LogP contribution in [-0.4, -0.2) is 58.5 Å². The molecule has 0 aliphatic carbocycles. The topological polar surface area (TPSA) is 140 Å². The number of hydrogen-bond donors (Lipinski definition) is 0. The number of likely N-dealkylation sites (N-methyl/N-ethyl adjacent to an activating group) is 1. The predicted molar refractivity (Wildman–Crippen MR) is 135 cm³/mol. The van der Waals surface area contributed by atoms with Crippen molar-refractivity contribution in [2.45, 2.75) is 67.7 Å². The van der Waals surface area contributed by atoms with Gasteiger partial charge in [0.1, 0.15) is 0 Å². The molecule has 200 valence electrons. The highest BCUT2D eigenvalue weighted by molar-refractivity contribution is 6.81. The van der Waals surface area contributed by atoms with Crippen LogP contribution in [0.2, 0.25) is 0 Å². The fraction of sp³-hybridized carbons (Fsp3) is 0.500. The number of hydrogen-bond acceptors (Lipinski definition) is 8. The summed E-state index contributed by atoms with van der Waals surface area (Å²) in [5, 5.41) is 0. The third kappa shape index (κ3) is 7.93. The van der Waals surface area contributed by atoms with E-state index in [1.807, 2.05) is 27.7 Å². The minimum atomic E-state index is -1.82. The molecule has 9 nitrogen and oxygen atoms in total. The fourth-order valence-electron chi connectivity index (χ4n) is 4.00. The number of imide groups is 1. The van der Waals surface area contributed by atoms with Gasteiger partial charge in [0.15, 0.2) is 6.29 Å². The van der Waals surface area contributed by atoms with Gasteiger partial charge in [0.05, 0.1) is 0 Å². The highest BCUT2D eigenvalue weighted by Crippen LogP contribution is 2.28. The van der Waals surface area contributed by atoms with Crippen molar-refractivity contribution in [3.63, 3.8) is 0 Å². The second-order valence-corrected chi connectivity index (χ2v) is 10.2. The first-order valence-corrected chi connectivity index (χ1v) is 12.3. The van der Waals surface area contributed by atoms with E-state index in [0.717, 1.165) is 17.5 Å². The molecule has 37 heavy (non-hydrogen) atoms. The number of benzene rings is 1. The number of carbonyl (C=O) groups is 8. The van der Waals surface area contributed by atoms with Crippen molar-refractivity contribution in [3.8, 4) is 0 Å². The summed E-state index contributed by atoms with van der Waals surface area (Å²) in [5.74, 6) is -10.9. The zero-order valence-electron chi connectivity index (χ0n) is 22.5. The molecule has 0 saturated heterocycles. The summed E-state index contributed by atoms with van der Waals surface area (Å²) < 4.78 is 0. The van der Waals surface area contributed by atoms with E-state index >= 15 is 0 Å². The van der Waals surface area contributed by atoms with Crippen LogP contribution in [0.3, 0.4) is 0 Å². The van der Waals surface area contributed by atoms with Gasteiger partial charge in [-0.1, -0.05) is 53.7 Å². The van der Waals surface area contributed by atoms with Crippen molar-refractivity contribution < 1.29 is 38.4 Å². The van der Waals surface area contributed by atoms with Gasteiger partial charge in [-0.2, -0.15) is 0 Å². The lowest BCUT2D eigenvalue weighted by Crippen LogP contribution is -2.49. The molecule has 9 heteroatoms. The van der Waals surface area contributed by atoms with Crippen molar-refractivity contribution in [1.82, 2.24) is 4.90 Å². The van der Waals surface area contributed by atoms with Crippen LogP contribution in [0.1, 0.15) is 75.5 Å². The number of ketones is 5. The largest absolute Gasteiger partial charge is 0.305 e. The summed E-state index contributed by atoms with van der Waals surface area (Å²) in [4.78, 5) is 97.0. The minimum absolute atomic E-state index is 0.0181. The molecule has 0 radical (unpaired) electrons. The zero-order valence-corrected chi connectivity index (χ0v) is 22.5. The van der Waals surface area contributed by atoms with Crippen molar-refractivity contribution in [2.24, 2.45) is 17.8 Å². The van der Waals surface area contributed by atoms with E-state index in [2.05, 4.69) is 13.8 Å². The Morgan fingerprint density at radius 3 is 1.65 bits per heavy atom. The molecule has 0 aromatic heterocycles. The lowest BCUT2D eigenvalue weighted by molar-refractivity contribution is -0.158. The van der Waals surface area contributed by atoms with Crippen molar-refractivity contribution >= 4 is 47.0 Å². The number of Topliss-reactive ketones (excluding diaryl/α,β-unsaturated/α-hetero) is 5. The third-order valence-corrected chi connectivity index (χ3v) is 5.56. The average molecular weight is 514 g/mol. The van der Waals surface area contributed by atoms with E-state index in [9.17, 15) is 38.4 Å². The van der Waals surface area contributed by atoms with Crippen molar-refractivity contribution in [3.05, 3.63) is 34.4 Å². The van der Waals surface area contributed by atoms with Gasteiger partial charge >= 0.3 is 11.8 Å². The Hall–Kier alpha value is -3.62. The van der Waals surface area contributed by atoms with Gasteiger partial charge in [0, 0.05) is 12.1 Å². The number of nitrogens with zero attached hydrogens (tertiary/aromatic N) is 1. The maximum Gasteiger partial charge on any atom is 0.305 e. The molecule has 0 fully saturated rings. The molecule has 0 spiro atoms. The molecule has 0 aliphatic heterocycles. The highest BCUT2D eigenvalue weighted by Gasteiger charge is 2.39. The summed E-state index contributed by atoms with van der Waals surface area (Å²) in [5.41, 5.74) is 2.66. The SMILES string of the molecule is CCN(C(=O)C(=O)C(=O)C=O)C(=O)C(=O)C(=O)C(=O)c1ccc(CC(C)C)c(CC(C)C)c1CC(C)C. The number of aldehydes is 1. The number of rotatable bonds is 14. The van der Waals surface area contributed by atoms with Gasteiger partial charge in [-0.05, 0) is 60.6 Å².